The van der Waals surface area contributed by atoms with Gasteiger partial charge in [-0.1, -0.05) is 54.1 Å². The Kier molecular flexibility index (Phi) is 7.48. The molecule has 5 rings (SSSR count). The first kappa shape index (κ1) is 26.3. The molecule has 2 fully saturated rings. The molecule has 1 aromatic heterocycles. The number of benzene rings is 2. The summed E-state index contributed by atoms with van der Waals surface area (Å²) in [6.45, 7) is 8.14. The average molecular weight is 535 g/mol. The third kappa shape index (κ3) is 5.58. The van der Waals surface area contributed by atoms with Crippen LogP contribution in [0, 0.1) is 0 Å². The van der Waals surface area contributed by atoms with E-state index in [0.29, 0.717) is 55.5 Å². The molecule has 0 saturated carbocycles. The maximum absolute atomic E-state index is 13.9. The first-order valence-corrected chi connectivity index (χ1v) is 13.7. The van der Waals surface area contributed by atoms with E-state index in [1.807, 2.05) is 60.7 Å². The number of hydrogen-bond donors (Lipinski definition) is 0. The molecule has 1 atom stereocenters. The Morgan fingerprint density at radius 1 is 0.895 bits per heavy atom. The second-order valence-corrected chi connectivity index (χ2v) is 11.6. The Morgan fingerprint density at radius 2 is 1.53 bits per heavy atom. The van der Waals surface area contributed by atoms with Gasteiger partial charge in [0.1, 0.15) is 5.60 Å². The molecular formula is C30H35ClN4O3. The fourth-order valence-electron chi connectivity index (χ4n) is 5.51. The molecule has 2 aliphatic heterocycles. The molecule has 2 aliphatic rings. The van der Waals surface area contributed by atoms with Crippen molar-refractivity contribution in [3.8, 4) is 5.69 Å². The van der Waals surface area contributed by atoms with Gasteiger partial charge < -0.3 is 14.5 Å². The number of halogens is 1. The number of hydrogen-bond acceptors (Lipinski definition) is 4. The van der Waals surface area contributed by atoms with Crippen molar-refractivity contribution in [3.05, 3.63) is 82.6 Å². The van der Waals surface area contributed by atoms with Crippen molar-refractivity contribution < 1.29 is 14.3 Å². The van der Waals surface area contributed by atoms with Gasteiger partial charge in [-0.15, -0.1) is 0 Å². The number of piperidine rings is 1. The van der Waals surface area contributed by atoms with Crippen LogP contribution < -0.4 is 0 Å². The molecule has 3 aromatic rings. The third-order valence-corrected chi connectivity index (χ3v) is 7.72. The van der Waals surface area contributed by atoms with Gasteiger partial charge in [0.05, 0.1) is 28.2 Å². The summed E-state index contributed by atoms with van der Waals surface area (Å²) in [5.41, 5.74) is 2.97. The molecule has 200 valence electrons. The first-order chi connectivity index (χ1) is 18.2. The summed E-state index contributed by atoms with van der Waals surface area (Å²) in [4.78, 5) is 30.2. The third-order valence-electron chi connectivity index (χ3n) is 7.40. The molecule has 2 amide bonds. The number of amides is 2. The first-order valence-electron chi connectivity index (χ1n) is 13.4. The Balaban J connectivity index is 1.40. The van der Waals surface area contributed by atoms with Gasteiger partial charge in [0.25, 0.3) is 5.91 Å². The number of ether oxygens (including phenoxy) is 1. The minimum atomic E-state index is -0.538. The van der Waals surface area contributed by atoms with E-state index in [4.69, 9.17) is 16.3 Å². The summed E-state index contributed by atoms with van der Waals surface area (Å²) in [6.07, 6.45) is 3.76. The van der Waals surface area contributed by atoms with Crippen LogP contribution in [0.15, 0.2) is 60.8 Å². The Labute approximate surface area is 229 Å². The van der Waals surface area contributed by atoms with E-state index < -0.39 is 5.60 Å². The number of aromatic nitrogens is 2. The molecule has 2 aromatic carbocycles. The molecule has 0 bridgehead atoms. The average Bonchev–Trinajstić information content (AvgIpc) is 3.57. The van der Waals surface area contributed by atoms with Gasteiger partial charge in [-0.25, -0.2) is 9.48 Å². The largest absolute Gasteiger partial charge is 0.444 e. The lowest BCUT2D eigenvalue weighted by Crippen LogP contribution is -2.41. The van der Waals surface area contributed by atoms with Gasteiger partial charge in [0.2, 0.25) is 0 Å². The van der Waals surface area contributed by atoms with Crippen molar-refractivity contribution in [2.45, 2.75) is 57.5 Å². The lowest BCUT2D eigenvalue weighted by molar-refractivity contribution is 0.0203. The Bertz CT molecular complexity index is 1290. The lowest BCUT2D eigenvalue weighted by atomic mass is 9.90. The smallest absolute Gasteiger partial charge is 0.410 e. The fraction of sp³-hybridized carbons (Fsp3) is 0.433. The fourth-order valence-corrected chi connectivity index (χ4v) is 5.72. The van der Waals surface area contributed by atoms with Crippen LogP contribution in [0.25, 0.3) is 5.69 Å². The van der Waals surface area contributed by atoms with E-state index in [2.05, 4.69) is 29.4 Å². The van der Waals surface area contributed by atoms with E-state index in [1.54, 1.807) is 11.1 Å². The minimum Gasteiger partial charge on any atom is -0.444 e. The molecule has 3 heterocycles. The maximum Gasteiger partial charge on any atom is 0.410 e. The van der Waals surface area contributed by atoms with Gasteiger partial charge >= 0.3 is 6.09 Å². The quantitative estimate of drug-likeness (QED) is 0.395. The molecule has 0 aliphatic carbocycles. The van der Waals surface area contributed by atoms with Crippen LogP contribution in [0.3, 0.4) is 0 Å². The summed E-state index contributed by atoms with van der Waals surface area (Å²) in [5, 5.41) is 5.25. The Morgan fingerprint density at radius 3 is 2.21 bits per heavy atom. The molecule has 0 unspecified atom stereocenters. The minimum absolute atomic E-state index is 0.00584. The van der Waals surface area contributed by atoms with Crippen molar-refractivity contribution in [1.29, 1.82) is 0 Å². The molecule has 0 spiro atoms. The standard InChI is InChI=1S/C30H35ClN4O3/c1-30(2,3)38-29(37)33-16-13-22(14-17-33)27-24(19-32-35(27)26-12-8-7-11-25(26)31)28(36)34-18-15-23(20-34)21-9-5-4-6-10-21/h4-12,19,22-23H,13-18,20H2,1-3H3/t23-/m1/s1. The molecule has 38 heavy (non-hydrogen) atoms. The van der Waals surface area contributed by atoms with E-state index in [0.717, 1.165) is 17.8 Å². The number of carbonyl (C=O) groups is 2. The molecule has 2 saturated heterocycles. The van der Waals surface area contributed by atoms with Crippen LogP contribution >= 0.6 is 11.6 Å². The predicted octanol–water partition coefficient (Wildman–Crippen LogP) is 6.27. The number of likely N-dealkylation sites (tertiary alicyclic amines) is 2. The summed E-state index contributed by atoms with van der Waals surface area (Å²) in [7, 11) is 0. The Hall–Kier alpha value is -3.32. The zero-order valence-corrected chi connectivity index (χ0v) is 23.0. The van der Waals surface area contributed by atoms with Crippen molar-refractivity contribution >= 4 is 23.6 Å². The van der Waals surface area contributed by atoms with Gasteiger partial charge in [-0.05, 0) is 57.7 Å². The van der Waals surface area contributed by atoms with Crippen molar-refractivity contribution in [2.75, 3.05) is 26.2 Å². The second-order valence-electron chi connectivity index (χ2n) is 11.2. The van der Waals surface area contributed by atoms with Crippen LogP contribution in [-0.2, 0) is 4.74 Å². The SMILES string of the molecule is CC(C)(C)OC(=O)N1CCC(c2c(C(=O)N3CC[C@@H](c4ccccc4)C3)cnn2-c2ccccc2Cl)CC1. The number of rotatable bonds is 4. The van der Waals surface area contributed by atoms with Gasteiger partial charge in [-0.2, -0.15) is 5.10 Å². The van der Waals surface area contributed by atoms with Gasteiger partial charge in [-0.3, -0.25) is 4.79 Å². The van der Waals surface area contributed by atoms with Crippen molar-refractivity contribution in [2.24, 2.45) is 0 Å². The summed E-state index contributed by atoms with van der Waals surface area (Å²) < 4.78 is 7.41. The lowest BCUT2D eigenvalue weighted by Gasteiger charge is -2.34. The highest BCUT2D eigenvalue weighted by molar-refractivity contribution is 6.32. The molecule has 0 radical (unpaired) electrons. The highest BCUT2D eigenvalue weighted by Crippen LogP contribution is 2.36. The summed E-state index contributed by atoms with van der Waals surface area (Å²) >= 11 is 6.57. The van der Waals surface area contributed by atoms with Crippen LogP contribution in [0.5, 0.6) is 0 Å². The molecule has 8 heteroatoms. The van der Waals surface area contributed by atoms with Crippen LogP contribution in [0.2, 0.25) is 5.02 Å². The second kappa shape index (κ2) is 10.8. The number of para-hydroxylation sites is 1. The maximum atomic E-state index is 13.9. The van der Waals surface area contributed by atoms with Crippen LogP contribution in [0.4, 0.5) is 4.79 Å². The zero-order chi connectivity index (χ0) is 26.9. The summed E-state index contributed by atoms with van der Waals surface area (Å²) in [5.74, 6) is 0.393. The van der Waals surface area contributed by atoms with E-state index >= 15 is 0 Å². The van der Waals surface area contributed by atoms with E-state index in [9.17, 15) is 9.59 Å². The van der Waals surface area contributed by atoms with Crippen molar-refractivity contribution in [3.63, 3.8) is 0 Å². The summed E-state index contributed by atoms with van der Waals surface area (Å²) in [6, 6.07) is 18.0. The molecular weight excluding hydrogens is 500 g/mol. The molecule has 0 N–H and O–H groups in total. The van der Waals surface area contributed by atoms with Gasteiger partial charge in [0.15, 0.2) is 0 Å². The van der Waals surface area contributed by atoms with Crippen LogP contribution in [0.1, 0.15) is 73.5 Å². The monoisotopic (exact) mass is 534 g/mol. The number of nitrogens with zero attached hydrogens (tertiary/aromatic N) is 4. The predicted molar refractivity (Wildman–Crippen MR) is 148 cm³/mol. The van der Waals surface area contributed by atoms with E-state index in [1.165, 1.54) is 5.56 Å². The van der Waals surface area contributed by atoms with E-state index in [-0.39, 0.29) is 17.9 Å². The molecule has 7 nitrogen and oxygen atoms in total. The van der Waals surface area contributed by atoms with Crippen LogP contribution in [-0.4, -0.2) is 63.4 Å². The topological polar surface area (TPSA) is 67.7 Å². The normalized spacial score (nSPS) is 18.6. The highest BCUT2D eigenvalue weighted by Gasteiger charge is 2.35. The van der Waals surface area contributed by atoms with Gasteiger partial charge in [0, 0.05) is 38.0 Å². The number of carbonyl (C=O) groups excluding carboxylic acids is 2. The van der Waals surface area contributed by atoms with Crippen molar-refractivity contribution in [1.82, 2.24) is 19.6 Å². The zero-order valence-electron chi connectivity index (χ0n) is 22.3. The highest BCUT2D eigenvalue weighted by atomic mass is 35.5.